The molecule has 0 atom stereocenters. The molecule has 0 amide bonds. The van der Waals surface area contributed by atoms with E-state index in [1.807, 2.05) is 18.2 Å². The molecule has 0 spiro atoms. The molecule has 0 saturated heterocycles. The van der Waals surface area contributed by atoms with Crippen molar-refractivity contribution in [3.05, 3.63) is 24.3 Å². The number of carbonyl (C=O) groups excluding carboxylic acids is 1. The van der Waals surface area contributed by atoms with Crippen molar-refractivity contribution in [3.8, 4) is 5.75 Å². The maximum Gasteiger partial charge on any atom is 0.308 e. The number of hydrogen-bond acceptors (Lipinski definition) is 6. The van der Waals surface area contributed by atoms with Crippen LogP contribution in [0.3, 0.4) is 0 Å². The maximum atomic E-state index is 10.7. The average molecular weight is 305 g/mol. The van der Waals surface area contributed by atoms with Crippen LogP contribution >= 0.6 is 0 Å². The van der Waals surface area contributed by atoms with E-state index in [0.29, 0.717) is 10.2 Å². The van der Waals surface area contributed by atoms with Crippen LogP contribution in [0.4, 0.5) is 5.69 Å². The number of benzene rings is 1. The normalized spacial score (nSPS) is 11.3. The monoisotopic (exact) mass is 305 g/mol. The Labute approximate surface area is 119 Å². The van der Waals surface area contributed by atoms with Crippen molar-refractivity contribution in [1.82, 2.24) is 4.48 Å². The first-order valence-corrected chi connectivity index (χ1v) is 6.91. The van der Waals surface area contributed by atoms with Gasteiger partial charge in [0.2, 0.25) is 10.4 Å². The first kappa shape index (κ1) is 18.5. The van der Waals surface area contributed by atoms with Gasteiger partial charge in [0, 0.05) is 13.0 Å². The summed E-state index contributed by atoms with van der Waals surface area (Å²) in [6.45, 7) is 1.40. The second kappa shape index (κ2) is 7.34. The number of nitrogens with zero attached hydrogens (tertiary/aromatic N) is 1. The summed E-state index contributed by atoms with van der Waals surface area (Å²) in [5, 5.41) is 0. The van der Waals surface area contributed by atoms with E-state index in [0.717, 1.165) is 12.8 Å². The fourth-order valence-electron chi connectivity index (χ4n) is 1.13. The summed E-state index contributed by atoms with van der Waals surface area (Å²) in [7, 11) is 2.58. The van der Waals surface area contributed by atoms with Gasteiger partial charge in [-0.2, -0.15) is 0 Å². The zero-order valence-corrected chi connectivity index (χ0v) is 12.9. The van der Waals surface area contributed by atoms with Gasteiger partial charge in [0.25, 0.3) is 0 Å². The van der Waals surface area contributed by atoms with Crippen LogP contribution in [0.25, 0.3) is 0 Å². The van der Waals surface area contributed by atoms with Gasteiger partial charge in [0.05, 0.1) is 28.3 Å². The topological polar surface area (TPSA) is 92.7 Å². The average Bonchev–Trinajstić information content (AvgIpc) is 2.27. The summed E-state index contributed by atoms with van der Waals surface area (Å²) in [5.74, 6) is 0.312. The van der Waals surface area contributed by atoms with Crippen LogP contribution in [0.1, 0.15) is 6.92 Å². The molecule has 0 heterocycles. The second-order valence-electron chi connectivity index (χ2n) is 4.68. The van der Waals surface area contributed by atoms with Gasteiger partial charge < -0.3 is 9.29 Å². The molecule has 0 radical (unpaired) electrons. The van der Waals surface area contributed by atoms with Crippen LogP contribution in [0, 0.1) is 0 Å². The molecule has 0 bridgehead atoms. The molecular formula is C12H19NO6S. The Hall–Kier alpha value is -1.48. The Morgan fingerprint density at radius 3 is 2.10 bits per heavy atom. The largest absolute Gasteiger partial charge is 0.726 e. The molecule has 1 aromatic carbocycles. The van der Waals surface area contributed by atoms with Crippen molar-refractivity contribution in [2.75, 3.05) is 28.3 Å². The van der Waals surface area contributed by atoms with Gasteiger partial charge in [-0.3, -0.25) is 13.5 Å². The van der Waals surface area contributed by atoms with E-state index in [2.05, 4.69) is 25.3 Å². The van der Waals surface area contributed by atoms with Crippen LogP contribution in [0.15, 0.2) is 24.3 Å². The summed E-state index contributed by atoms with van der Waals surface area (Å²) in [6, 6.07) is 7.55. The molecule has 0 aliphatic heterocycles. The number of esters is 1. The van der Waals surface area contributed by atoms with Gasteiger partial charge >= 0.3 is 5.97 Å². The predicted octanol–water partition coefficient (Wildman–Crippen LogP) is 0.902. The van der Waals surface area contributed by atoms with Crippen molar-refractivity contribution in [3.63, 3.8) is 0 Å². The molecule has 8 heteroatoms. The van der Waals surface area contributed by atoms with Gasteiger partial charge in [-0.15, -0.1) is 0 Å². The molecular weight excluding hydrogens is 286 g/mol. The van der Waals surface area contributed by atoms with E-state index in [9.17, 15) is 17.8 Å². The summed E-state index contributed by atoms with van der Waals surface area (Å²) in [6.07, 6.45) is 0. The highest BCUT2D eigenvalue weighted by Crippen LogP contribution is 2.22. The highest BCUT2D eigenvalue weighted by Gasteiger charge is 2.12. The number of ether oxygens (including phenoxy) is 1. The quantitative estimate of drug-likeness (QED) is 0.271. The minimum atomic E-state index is -4.41. The van der Waals surface area contributed by atoms with Crippen LogP contribution < -0.4 is 9.22 Å². The number of carbonyl (C=O) groups is 1. The Morgan fingerprint density at radius 2 is 1.75 bits per heavy atom. The lowest BCUT2D eigenvalue weighted by Gasteiger charge is -2.23. The minimum Gasteiger partial charge on any atom is -0.726 e. The molecule has 0 saturated carbocycles. The third-order valence-corrected chi connectivity index (χ3v) is 2.47. The molecule has 0 fully saturated rings. The highest BCUT2D eigenvalue weighted by atomic mass is 32.3. The molecule has 0 aromatic heterocycles. The van der Waals surface area contributed by atoms with E-state index < -0.39 is 10.4 Å². The van der Waals surface area contributed by atoms with E-state index in [1.54, 1.807) is 6.07 Å². The lowest BCUT2D eigenvalue weighted by atomic mass is 10.2. The SMILES string of the molecule is CC(=O)Oc1cccc([N+](C)(C)C)c1.COS(=O)(=O)[O-]. The molecule has 0 aliphatic carbocycles. The Kier molecular flexibility index (Phi) is 6.80. The standard InChI is InChI=1S/C11H16NO2.CH4O4S/c1-9(13)14-11-7-5-6-10(8-11)12(2,3)4;1-5-6(2,3)4/h5-8H,1-4H3;1H3,(H,2,3,4)/q+1;/p-1. The lowest BCUT2D eigenvalue weighted by molar-refractivity contribution is -0.131. The summed E-state index contributed by atoms with van der Waals surface area (Å²) < 4.78 is 36.7. The molecule has 0 unspecified atom stereocenters. The Bertz CT molecular complexity index is 547. The van der Waals surface area contributed by atoms with E-state index in [-0.39, 0.29) is 5.97 Å². The van der Waals surface area contributed by atoms with Crippen molar-refractivity contribution in [2.24, 2.45) is 0 Å². The van der Waals surface area contributed by atoms with Gasteiger partial charge in [0.15, 0.2) is 0 Å². The first-order valence-electron chi connectivity index (χ1n) is 5.57. The predicted molar refractivity (Wildman–Crippen MR) is 74.0 cm³/mol. The number of rotatable bonds is 3. The van der Waals surface area contributed by atoms with Gasteiger partial charge in [-0.1, -0.05) is 6.07 Å². The van der Waals surface area contributed by atoms with Gasteiger partial charge in [0.1, 0.15) is 11.4 Å². The molecule has 7 nitrogen and oxygen atoms in total. The lowest BCUT2D eigenvalue weighted by Crippen LogP contribution is -2.34. The van der Waals surface area contributed by atoms with E-state index in [4.69, 9.17) is 4.74 Å². The summed E-state index contributed by atoms with van der Waals surface area (Å²) in [5.41, 5.74) is 1.10. The summed E-state index contributed by atoms with van der Waals surface area (Å²) in [4.78, 5) is 10.7. The fourth-order valence-corrected chi connectivity index (χ4v) is 1.13. The van der Waals surface area contributed by atoms with Crippen LogP contribution in [-0.2, 0) is 19.4 Å². The first-order chi connectivity index (χ1) is 8.95. The van der Waals surface area contributed by atoms with Crippen LogP contribution in [0.5, 0.6) is 5.75 Å². The minimum absolute atomic E-state index is 0.288. The third kappa shape index (κ3) is 8.59. The molecule has 1 rings (SSSR count). The second-order valence-corrected chi connectivity index (χ2v) is 5.83. The smallest absolute Gasteiger partial charge is 0.308 e. The van der Waals surface area contributed by atoms with Gasteiger partial charge in [-0.05, 0) is 12.1 Å². The van der Waals surface area contributed by atoms with Gasteiger partial charge in [-0.25, -0.2) is 8.42 Å². The third-order valence-electron chi connectivity index (χ3n) is 2.06. The molecule has 114 valence electrons. The van der Waals surface area contributed by atoms with Crippen molar-refractivity contribution in [2.45, 2.75) is 6.92 Å². The molecule has 1 aromatic rings. The molecule has 20 heavy (non-hydrogen) atoms. The van der Waals surface area contributed by atoms with E-state index in [1.165, 1.54) is 6.92 Å². The summed E-state index contributed by atoms with van der Waals surface area (Å²) >= 11 is 0. The Morgan fingerprint density at radius 1 is 1.25 bits per heavy atom. The highest BCUT2D eigenvalue weighted by molar-refractivity contribution is 7.80. The van der Waals surface area contributed by atoms with Crippen LogP contribution in [0.2, 0.25) is 0 Å². The van der Waals surface area contributed by atoms with Crippen molar-refractivity contribution >= 4 is 22.1 Å². The molecule has 0 aliphatic rings. The number of quaternary nitrogens is 1. The zero-order valence-electron chi connectivity index (χ0n) is 12.1. The fraction of sp³-hybridized carbons (Fsp3) is 0.417. The molecule has 0 N–H and O–H groups in total. The van der Waals surface area contributed by atoms with Crippen LogP contribution in [-0.4, -0.2) is 47.2 Å². The zero-order chi connectivity index (χ0) is 16.0. The maximum absolute atomic E-state index is 10.7. The van der Waals surface area contributed by atoms with Crippen molar-refractivity contribution in [1.29, 1.82) is 0 Å². The van der Waals surface area contributed by atoms with Crippen molar-refractivity contribution < 1.29 is 26.7 Å². The van der Waals surface area contributed by atoms with E-state index >= 15 is 0 Å². The Balaban J connectivity index is 0.000000511. The number of hydrogen-bond donors (Lipinski definition) is 0.